The normalized spacial score (nSPS) is 11.4. The van der Waals surface area contributed by atoms with Crippen molar-refractivity contribution in [1.82, 2.24) is 14.4 Å². The van der Waals surface area contributed by atoms with Crippen molar-refractivity contribution in [2.45, 2.75) is 33.1 Å². The highest BCUT2D eigenvalue weighted by Crippen LogP contribution is 2.20. The lowest BCUT2D eigenvalue weighted by Crippen LogP contribution is -2.22. The van der Waals surface area contributed by atoms with Crippen molar-refractivity contribution >= 4 is 16.8 Å². The minimum atomic E-state index is -0.0486. The topological polar surface area (TPSA) is 73.9 Å². The molecule has 0 aliphatic rings. The van der Waals surface area contributed by atoms with Gasteiger partial charge in [-0.15, -0.1) is 0 Å². The molecule has 1 N–H and O–H groups in total. The highest BCUT2D eigenvalue weighted by Gasteiger charge is 2.16. The summed E-state index contributed by atoms with van der Waals surface area (Å²) in [5, 5.41) is 9.03. The average molecular weight is 280 g/mol. The predicted molar refractivity (Wildman–Crippen MR) is 81.5 cm³/mol. The molecule has 21 heavy (non-hydrogen) atoms. The van der Waals surface area contributed by atoms with Gasteiger partial charge in [0.2, 0.25) is 5.78 Å². The van der Waals surface area contributed by atoms with Crippen LogP contribution in [0.4, 0.5) is 0 Å². The molecule has 0 aliphatic heterocycles. The number of fused-ring (bicyclic) bond motifs is 3. The second-order valence-electron chi connectivity index (χ2n) is 5.42. The summed E-state index contributed by atoms with van der Waals surface area (Å²) in [6.07, 6.45) is 0.663. The SMILES string of the molecule is CCc1c(C(C)C)[nH]c2nc3ccc(C#N)cc3n2c1=O. The van der Waals surface area contributed by atoms with Crippen LogP contribution in [0.1, 0.15) is 43.5 Å². The zero-order chi connectivity index (χ0) is 15.1. The van der Waals surface area contributed by atoms with Crippen molar-refractivity contribution < 1.29 is 0 Å². The Bertz CT molecular complexity index is 941. The summed E-state index contributed by atoms with van der Waals surface area (Å²) in [6.45, 7) is 6.08. The van der Waals surface area contributed by atoms with Gasteiger partial charge in [0.25, 0.3) is 5.56 Å². The Hall–Kier alpha value is -2.61. The Morgan fingerprint density at radius 1 is 1.43 bits per heavy atom. The molecular formula is C16H16N4O. The van der Waals surface area contributed by atoms with Crippen LogP contribution in [0, 0.1) is 11.3 Å². The number of hydrogen-bond acceptors (Lipinski definition) is 3. The Morgan fingerprint density at radius 2 is 2.19 bits per heavy atom. The second kappa shape index (κ2) is 4.74. The van der Waals surface area contributed by atoms with Crippen molar-refractivity contribution in [2.24, 2.45) is 0 Å². The van der Waals surface area contributed by atoms with Crippen molar-refractivity contribution in [3.63, 3.8) is 0 Å². The first-order valence-corrected chi connectivity index (χ1v) is 7.04. The molecule has 0 saturated carbocycles. The van der Waals surface area contributed by atoms with Gasteiger partial charge < -0.3 is 4.98 Å². The summed E-state index contributed by atoms with van der Waals surface area (Å²) >= 11 is 0. The van der Waals surface area contributed by atoms with E-state index in [0.717, 1.165) is 11.3 Å². The number of benzene rings is 1. The van der Waals surface area contributed by atoms with Crippen molar-refractivity contribution in [3.8, 4) is 6.07 Å². The highest BCUT2D eigenvalue weighted by atomic mass is 16.1. The summed E-state index contributed by atoms with van der Waals surface area (Å²) in [6, 6.07) is 7.29. The lowest BCUT2D eigenvalue weighted by molar-refractivity contribution is 0.783. The van der Waals surface area contributed by atoms with Crippen LogP contribution in [0.25, 0.3) is 16.8 Å². The minimum absolute atomic E-state index is 0.0486. The molecule has 3 rings (SSSR count). The fourth-order valence-corrected chi connectivity index (χ4v) is 2.71. The van der Waals surface area contributed by atoms with Gasteiger partial charge in [-0.25, -0.2) is 9.38 Å². The molecule has 1 aromatic carbocycles. The van der Waals surface area contributed by atoms with E-state index in [1.54, 1.807) is 22.6 Å². The molecule has 0 atom stereocenters. The molecule has 0 radical (unpaired) electrons. The van der Waals surface area contributed by atoms with Crippen molar-refractivity contribution in [1.29, 1.82) is 5.26 Å². The number of H-pyrrole nitrogens is 1. The lowest BCUT2D eigenvalue weighted by atomic mass is 10.0. The van der Waals surface area contributed by atoms with Crippen LogP contribution >= 0.6 is 0 Å². The third kappa shape index (κ3) is 1.91. The monoisotopic (exact) mass is 280 g/mol. The van der Waals surface area contributed by atoms with Gasteiger partial charge in [0.05, 0.1) is 22.7 Å². The molecule has 0 aliphatic carbocycles. The first-order chi connectivity index (χ1) is 10.1. The molecule has 0 amide bonds. The van der Waals surface area contributed by atoms with Crippen molar-refractivity contribution in [2.75, 3.05) is 0 Å². The fourth-order valence-electron chi connectivity index (χ4n) is 2.71. The molecule has 3 aromatic rings. The van der Waals surface area contributed by atoms with Gasteiger partial charge in [-0.05, 0) is 30.5 Å². The Balaban J connectivity index is 2.51. The first kappa shape index (κ1) is 13.4. The highest BCUT2D eigenvalue weighted by molar-refractivity contribution is 5.81. The van der Waals surface area contributed by atoms with E-state index in [0.29, 0.717) is 28.8 Å². The van der Waals surface area contributed by atoms with Gasteiger partial charge in [-0.1, -0.05) is 20.8 Å². The van der Waals surface area contributed by atoms with Crippen LogP contribution in [0.2, 0.25) is 0 Å². The third-order valence-electron chi connectivity index (χ3n) is 3.75. The summed E-state index contributed by atoms with van der Waals surface area (Å²) < 4.78 is 1.57. The smallest absolute Gasteiger partial charge is 0.262 e. The summed E-state index contributed by atoms with van der Waals surface area (Å²) in [4.78, 5) is 20.5. The molecule has 106 valence electrons. The molecule has 2 heterocycles. The van der Waals surface area contributed by atoms with Crippen LogP contribution in [0.5, 0.6) is 0 Å². The predicted octanol–water partition coefficient (Wildman–Crippen LogP) is 2.73. The third-order valence-corrected chi connectivity index (χ3v) is 3.75. The van der Waals surface area contributed by atoms with Crippen LogP contribution in [0.15, 0.2) is 23.0 Å². The summed E-state index contributed by atoms with van der Waals surface area (Å²) in [5.74, 6) is 0.762. The molecule has 0 unspecified atom stereocenters. The molecule has 0 bridgehead atoms. The summed E-state index contributed by atoms with van der Waals surface area (Å²) in [5.41, 5.74) is 3.58. The van der Waals surface area contributed by atoms with Crippen LogP contribution in [-0.4, -0.2) is 14.4 Å². The van der Waals surface area contributed by atoms with Gasteiger partial charge in [0.15, 0.2) is 0 Å². The maximum atomic E-state index is 12.8. The number of imidazole rings is 1. The zero-order valence-electron chi connectivity index (χ0n) is 12.3. The van der Waals surface area contributed by atoms with E-state index >= 15 is 0 Å². The number of hydrogen-bond donors (Lipinski definition) is 1. The molecule has 5 heteroatoms. The fraction of sp³-hybridized carbons (Fsp3) is 0.312. The molecule has 0 spiro atoms. The van der Waals surface area contributed by atoms with E-state index in [1.807, 2.05) is 6.92 Å². The van der Waals surface area contributed by atoms with Gasteiger partial charge in [-0.2, -0.15) is 5.26 Å². The molecule has 0 saturated heterocycles. The van der Waals surface area contributed by atoms with E-state index in [2.05, 4.69) is 29.9 Å². The maximum absolute atomic E-state index is 12.8. The van der Waals surface area contributed by atoms with Crippen LogP contribution in [0.3, 0.4) is 0 Å². The Morgan fingerprint density at radius 3 is 2.81 bits per heavy atom. The molecular weight excluding hydrogens is 264 g/mol. The lowest BCUT2D eigenvalue weighted by Gasteiger charge is -2.11. The van der Waals surface area contributed by atoms with Crippen molar-refractivity contribution in [3.05, 3.63) is 45.4 Å². The second-order valence-corrected chi connectivity index (χ2v) is 5.42. The first-order valence-electron chi connectivity index (χ1n) is 7.04. The van der Waals surface area contributed by atoms with E-state index in [4.69, 9.17) is 5.26 Å². The number of rotatable bonds is 2. The number of nitriles is 1. The molecule has 5 nitrogen and oxygen atoms in total. The zero-order valence-corrected chi connectivity index (χ0v) is 12.3. The van der Waals surface area contributed by atoms with E-state index in [1.165, 1.54) is 0 Å². The van der Waals surface area contributed by atoms with E-state index in [-0.39, 0.29) is 11.5 Å². The van der Waals surface area contributed by atoms with Gasteiger partial charge in [-0.3, -0.25) is 4.79 Å². The minimum Gasteiger partial charge on any atom is -0.328 e. The average Bonchev–Trinajstić information content (AvgIpc) is 2.84. The van der Waals surface area contributed by atoms with Gasteiger partial charge >= 0.3 is 0 Å². The quantitative estimate of drug-likeness (QED) is 0.784. The summed E-state index contributed by atoms with van der Waals surface area (Å²) in [7, 11) is 0. The van der Waals surface area contributed by atoms with Gasteiger partial charge in [0, 0.05) is 11.3 Å². The number of aromatic nitrogens is 3. The Labute approximate surface area is 121 Å². The van der Waals surface area contributed by atoms with E-state index in [9.17, 15) is 4.79 Å². The van der Waals surface area contributed by atoms with Crippen LogP contribution < -0.4 is 5.56 Å². The number of aromatic amines is 1. The Kier molecular flexibility index (Phi) is 3.02. The molecule has 0 fully saturated rings. The number of nitrogens with one attached hydrogen (secondary N) is 1. The standard InChI is InChI=1S/C16H16N4O/c1-4-11-14(9(2)3)19-16-18-12-6-5-10(8-17)7-13(12)20(16)15(11)21/h5-7,9H,4H2,1-3H3,(H,18,19). The number of nitrogens with zero attached hydrogens (tertiary/aromatic N) is 3. The van der Waals surface area contributed by atoms with Crippen LogP contribution in [-0.2, 0) is 6.42 Å². The van der Waals surface area contributed by atoms with E-state index < -0.39 is 0 Å². The largest absolute Gasteiger partial charge is 0.328 e. The van der Waals surface area contributed by atoms with Gasteiger partial charge in [0.1, 0.15) is 0 Å². The maximum Gasteiger partial charge on any atom is 0.262 e. The molecule has 2 aromatic heterocycles.